The third kappa shape index (κ3) is 1.93. The van der Waals surface area contributed by atoms with E-state index in [9.17, 15) is 13.2 Å². The molecule has 0 aliphatic rings. The zero-order chi connectivity index (χ0) is 9.19. The lowest BCUT2D eigenvalue weighted by Gasteiger charge is -2.03. The molecule has 0 spiro atoms. The van der Waals surface area contributed by atoms with Gasteiger partial charge in [-0.05, 0) is 18.6 Å². The van der Waals surface area contributed by atoms with Gasteiger partial charge in [0.05, 0.1) is 5.69 Å². The van der Waals surface area contributed by atoms with E-state index < -0.39 is 11.9 Å². The Labute approximate surface area is 67.4 Å². The van der Waals surface area contributed by atoms with Gasteiger partial charge in [0.25, 0.3) is 0 Å². The number of aromatic nitrogens is 2. The average molecular weight is 176 g/mol. The van der Waals surface area contributed by atoms with Crippen molar-refractivity contribution in [2.24, 2.45) is 0 Å². The summed E-state index contributed by atoms with van der Waals surface area (Å²) in [5.41, 5.74) is -0.386. The van der Waals surface area contributed by atoms with Crippen molar-refractivity contribution in [1.82, 2.24) is 10.2 Å². The second kappa shape index (κ2) is 3.08. The molecule has 1 rings (SSSR count). The van der Waals surface area contributed by atoms with Crippen LogP contribution in [0, 0.1) is 0 Å². The molecule has 66 valence electrons. The topological polar surface area (TPSA) is 25.8 Å². The number of alkyl halides is 3. The number of aryl methyl sites for hydroxylation is 1. The Morgan fingerprint density at radius 1 is 1.25 bits per heavy atom. The molecule has 0 atom stereocenters. The minimum Gasteiger partial charge on any atom is -0.164 e. The predicted octanol–water partition coefficient (Wildman–Crippen LogP) is 2.06. The van der Waals surface area contributed by atoms with Crippen LogP contribution in [0.2, 0.25) is 0 Å². The summed E-state index contributed by atoms with van der Waals surface area (Å²) in [5.74, 6) is 0. The lowest BCUT2D eigenvalue weighted by molar-refractivity contribution is -0.141. The van der Waals surface area contributed by atoms with Crippen LogP contribution in [0.4, 0.5) is 13.2 Å². The predicted molar refractivity (Wildman–Crippen MR) is 36.4 cm³/mol. The first-order chi connectivity index (χ1) is 5.54. The van der Waals surface area contributed by atoms with E-state index >= 15 is 0 Å². The maximum atomic E-state index is 11.9. The van der Waals surface area contributed by atoms with Crippen LogP contribution < -0.4 is 0 Å². The zero-order valence-electron chi connectivity index (χ0n) is 6.39. The van der Waals surface area contributed by atoms with Gasteiger partial charge in [-0.25, -0.2) is 0 Å². The summed E-state index contributed by atoms with van der Waals surface area (Å²) in [5, 5.41) is 6.44. The van der Waals surface area contributed by atoms with Crippen molar-refractivity contribution in [2.75, 3.05) is 0 Å². The Morgan fingerprint density at radius 3 is 2.25 bits per heavy atom. The van der Waals surface area contributed by atoms with Gasteiger partial charge in [0.1, 0.15) is 0 Å². The molecule has 0 saturated heterocycles. The second-order valence-corrected chi connectivity index (χ2v) is 2.26. The van der Waals surface area contributed by atoms with Gasteiger partial charge in [0, 0.05) is 0 Å². The number of hydrogen-bond acceptors (Lipinski definition) is 2. The highest BCUT2D eigenvalue weighted by Gasteiger charge is 2.32. The van der Waals surface area contributed by atoms with Crippen LogP contribution in [0.15, 0.2) is 12.1 Å². The normalized spacial score (nSPS) is 11.7. The Hall–Kier alpha value is -1.13. The van der Waals surface area contributed by atoms with Gasteiger partial charge in [-0.1, -0.05) is 6.92 Å². The van der Waals surface area contributed by atoms with Crippen LogP contribution in [0.1, 0.15) is 18.3 Å². The first-order valence-electron chi connectivity index (χ1n) is 3.44. The highest BCUT2D eigenvalue weighted by atomic mass is 19.4. The molecule has 0 radical (unpaired) electrons. The Kier molecular flexibility index (Phi) is 2.30. The lowest BCUT2D eigenvalue weighted by atomic mass is 10.3. The Bertz CT molecular complexity index is 252. The van der Waals surface area contributed by atoms with Crippen LogP contribution in [0.25, 0.3) is 0 Å². The van der Waals surface area contributed by atoms with Crippen LogP contribution >= 0.6 is 0 Å². The smallest absolute Gasteiger partial charge is 0.164 e. The molecule has 0 amide bonds. The minimum atomic E-state index is -4.39. The zero-order valence-corrected chi connectivity index (χ0v) is 6.39. The maximum Gasteiger partial charge on any atom is 0.435 e. The maximum absolute atomic E-state index is 11.9. The van der Waals surface area contributed by atoms with Gasteiger partial charge >= 0.3 is 6.18 Å². The molecule has 0 saturated carbocycles. The molecular formula is C7H7F3N2. The van der Waals surface area contributed by atoms with Crippen molar-refractivity contribution in [3.8, 4) is 0 Å². The third-order valence-corrected chi connectivity index (χ3v) is 1.37. The first kappa shape index (κ1) is 8.96. The van der Waals surface area contributed by atoms with E-state index in [2.05, 4.69) is 10.2 Å². The highest BCUT2D eigenvalue weighted by Crippen LogP contribution is 2.26. The average Bonchev–Trinajstić information content (AvgIpc) is 2.03. The molecule has 0 aromatic carbocycles. The molecule has 0 aliphatic heterocycles. The van der Waals surface area contributed by atoms with Crippen LogP contribution in [-0.4, -0.2) is 10.2 Å². The fraction of sp³-hybridized carbons (Fsp3) is 0.429. The number of hydrogen-bond donors (Lipinski definition) is 0. The summed E-state index contributed by atoms with van der Waals surface area (Å²) in [6.45, 7) is 1.80. The fourth-order valence-electron chi connectivity index (χ4n) is 0.700. The summed E-state index contributed by atoms with van der Waals surface area (Å²) in [7, 11) is 0. The molecular weight excluding hydrogens is 169 g/mol. The van der Waals surface area contributed by atoms with E-state index in [1.165, 1.54) is 6.07 Å². The molecule has 1 aromatic heterocycles. The molecule has 0 fully saturated rings. The van der Waals surface area contributed by atoms with Gasteiger partial charge in [-0.3, -0.25) is 0 Å². The van der Waals surface area contributed by atoms with Crippen molar-refractivity contribution in [3.63, 3.8) is 0 Å². The SMILES string of the molecule is CCc1ccc(C(F)(F)F)nn1. The van der Waals surface area contributed by atoms with E-state index in [1.54, 1.807) is 6.92 Å². The number of halogens is 3. The lowest BCUT2D eigenvalue weighted by Crippen LogP contribution is -2.09. The van der Waals surface area contributed by atoms with Crippen LogP contribution in [-0.2, 0) is 12.6 Å². The summed E-state index contributed by atoms with van der Waals surface area (Å²) in [4.78, 5) is 0. The molecule has 0 bridgehead atoms. The van der Waals surface area contributed by atoms with Crippen molar-refractivity contribution in [2.45, 2.75) is 19.5 Å². The van der Waals surface area contributed by atoms with Crippen molar-refractivity contribution >= 4 is 0 Å². The minimum absolute atomic E-state index is 0.558. The molecule has 2 nitrogen and oxygen atoms in total. The van der Waals surface area contributed by atoms with Crippen molar-refractivity contribution in [1.29, 1.82) is 0 Å². The quantitative estimate of drug-likeness (QED) is 0.654. The molecule has 0 aliphatic carbocycles. The summed E-state index contributed by atoms with van der Waals surface area (Å²) >= 11 is 0. The van der Waals surface area contributed by atoms with Crippen LogP contribution in [0.3, 0.4) is 0 Å². The standard InChI is InChI=1S/C7H7F3N2/c1-2-5-3-4-6(12-11-5)7(8,9)10/h3-4H,2H2,1H3. The number of nitrogens with zero attached hydrogens (tertiary/aromatic N) is 2. The van der Waals surface area contributed by atoms with Crippen molar-refractivity contribution in [3.05, 3.63) is 23.5 Å². The molecule has 0 unspecified atom stereocenters. The van der Waals surface area contributed by atoms with E-state index in [0.717, 1.165) is 6.07 Å². The molecule has 1 aromatic rings. The van der Waals surface area contributed by atoms with Gasteiger partial charge in [0.15, 0.2) is 5.69 Å². The van der Waals surface area contributed by atoms with Gasteiger partial charge in [0.2, 0.25) is 0 Å². The first-order valence-corrected chi connectivity index (χ1v) is 3.44. The van der Waals surface area contributed by atoms with Gasteiger partial charge in [-0.15, -0.1) is 5.10 Å². The van der Waals surface area contributed by atoms with E-state index in [0.29, 0.717) is 12.1 Å². The molecule has 1 heterocycles. The Balaban J connectivity index is 2.93. The summed E-state index contributed by atoms with van der Waals surface area (Å²) in [6.07, 6.45) is -3.80. The summed E-state index contributed by atoms with van der Waals surface area (Å²) < 4.78 is 35.8. The molecule has 12 heavy (non-hydrogen) atoms. The molecule has 5 heteroatoms. The van der Waals surface area contributed by atoms with Crippen LogP contribution in [0.5, 0.6) is 0 Å². The van der Waals surface area contributed by atoms with Gasteiger partial charge < -0.3 is 0 Å². The Morgan fingerprint density at radius 2 is 1.92 bits per heavy atom. The van der Waals surface area contributed by atoms with Crippen molar-refractivity contribution < 1.29 is 13.2 Å². The largest absolute Gasteiger partial charge is 0.435 e. The summed E-state index contributed by atoms with van der Waals surface area (Å²) in [6, 6.07) is 2.27. The molecule has 0 N–H and O–H groups in total. The monoisotopic (exact) mass is 176 g/mol. The van der Waals surface area contributed by atoms with E-state index in [-0.39, 0.29) is 0 Å². The van der Waals surface area contributed by atoms with Gasteiger partial charge in [-0.2, -0.15) is 18.3 Å². The van der Waals surface area contributed by atoms with E-state index in [1.807, 2.05) is 0 Å². The third-order valence-electron chi connectivity index (χ3n) is 1.37. The second-order valence-electron chi connectivity index (χ2n) is 2.26. The fourth-order valence-corrected chi connectivity index (χ4v) is 0.700. The number of rotatable bonds is 1. The highest BCUT2D eigenvalue weighted by molar-refractivity contribution is 5.09. The van der Waals surface area contributed by atoms with E-state index in [4.69, 9.17) is 0 Å².